The zero-order chi connectivity index (χ0) is 25.1. The van der Waals surface area contributed by atoms with Crippen LogP contribution in [0.5, 0.6) is 5.75 Å². The predicted molar refractivity (Wildman–Crippen MR) is 146 cm³/mol. The van der Waals surface area contributed by atoms with Gasteiger partial charge in [0, 0.05) is 21.2 Å². The van der Waals surface area contributed by atoms with Crippen LogP contribution in [0.3, 0.4) is 0 Å². The molecule has 0 bridgehead atoms. The Bertz CT molecular complexity index is 1280. The molecule has 1 aromatic heterocycles. The molecule has 1 saturated carbocycles. The molecule has 6 rings (SSSR count). The van der Waals surface area contributed by atoms with Crippen LogP contribution >= 0.6 is 34.5 Å². The number of halogens is 2. The van der Waals surface area contributed by atoms with Crippen molar-refractivity contribution in [1.29, 1.82) is 0 Å². The quantitative estimate of drug-likeness (QED) is 0.384. The SMILES string of the molecule is Clc1cc(CCCN2CCCC2)ccc1OC1CC1.NC(=O)C1=NOCc2c1ccc1sc(Cl)cc21. The number of hydrogen-bond acceptors (Lipinski definition) is 6. The average Bonchev–Trinajstić information content (AvgIpc) is 3.36. The smallest absolute Gasteiger partial charge is 0.271 e. The number of benzene rings is 2. The Morgan fingerprint density at radius 3 is 2.69 bits per heavy atom. The first-order valence-corrected chi connectivity index (χ1v) is 13.9. The normalized spacial score (nSPS) is 17.1. The fraction of sp³-hybridized carbons (Fsp3) is 0.407. The number of fused-ring (bicyclic) bond motifs is 3. The monoisotopic (exact) mass is 545 g/mol. The van der Waals surface area contributed by atoms with E-state index in [9.17, 15) is 4.79 Å². The highest BCUT2D eigenvalue weighted by molar-refractivity contribution is 7.22. The molecule has 0 radical (unpaired) electrons. The molecule has 1 aliphatic carbocycles. The molecule has 1 saturated heterocycles. The maximum atomic E-state index is 11.2. The zero-order valence-electron chi connectivity index (χ0n) is 20.0. The molecule has 2 fully saturated rings. The van der Waals surface area contributed by atoms with Crippen molar-refractivity contribution in [1.82, 2.24) is 4.90 Å². The summed E-state index contributed by atoms with van der Waals surface area (Å²) in [5.41, 5.74) is 8.39. The van der Waals surface area contributed by atoms with Gasteiger partial charge < -0.3 is 20.2 Å². The number of amides is 1. The number of primary amides is 1. The van der Waals surface area contributed by atoms with E-state index in [4.69, 9.17) is 38.5 Å². The molecule has 3 aliphatic rings. The van der Waals surface area contributed by atoms with Gasteiger partial charge in [-0.25, -0.2) is 0 Å². The van der Waals surface area contributed by atoms with Crippen molar-refractivity contribution in [3.63, 3.8) is 0 Å². The van der Waals surface area contributed by atoms with E-state index in [1.54, 1.807) is 0 Å². The lowest BCUT2D eigenvalue weighted by atomic mass is 9.99. The van der Waals surface area contributed by atoms with Crippen LogP contribution in [0.4, 0.5) is 0 Å². The molecule has 2 N–H and O–H groups in total. The van der Waals surface area contributed by atoms with E-state index in [0.29, 0.717) is 17.0 Å². The predicted octanol–water partition coefficient (Wildman–Crippen LogP) is 6.18. The molecule has 1 amide bonds. The Balaban J connectivity index is 0.000000149. The highest BCUT2D eigenvalue weighted by atomic mass is 35.5. The Labute approximate surface area is 224 Å². The molecular formula is C27H29Cl2N3O3S. The highest BCUT2D eigenvalue weighted by Crippen LogP contribution is 2.35. The van der Waals surface area contributed by atoms with E-state index >= 15 is 0 Å². The summed E-state index contributed by atoms with van der Waals surface area (Å²) < 4.78 is 7.52. The molecule has 0 atom stereocenters. The van der Waals surface area contributed by atoms with E-state index in [0.717, 1.165) is 38.4 Å². The van der Waals surface area contributed by atoms with Crippen molar-refractivity contribution in [2.75, 3.05) is 19.6 Å². The first-order valence-electron chi connectivity index (χ1n) is 12.4. The third-order valence-corrected chi connectivity index (χ3v) is 8.11. The lowest BCUT2D eigenvalue weighted by Crippen LogP contribution is -2.27. The van der Waals surface area contributed by atoms with Gasteiger partial charge in [0.1, 0.15) is 12.4 Å². The minimum Gasteiger partial charge on any atom is -0.489 e. The number of ether oxygens (including phenoxy) is 1. The topological polar surface area (TPSA) is 77.2 Å². The standard InChI is InChI=1S/C16H22ClNO.C11H7ClN2O2S/c17-15-12-13(4-3-11-18-9-1-2-10-18)5-8-16(15)19-14-6-7-14;12-9-3-6-7-4-16-14-10(11(13)15)5(7)1-2-8(6)17-9/h5,8,12,14H,1-4,6-7,9-11H2;1-3H,4H2,(H2,13,15). The largest absolute Gasteiger partial charge is 0.489 e. The van der Waals surface area contributed by atoms with Crippen molar-refractivity contribution in [3.05, 3.63) is 62.4 Å². The highest BCUT2D eigenvalue weighted by Gasteiger charge is 2.24. The number of nitrogens with two attached hydrogens (primary N) is 1. The maximum Gasteiger partial charge on any atom is 0.271 e. The van der Waals surface area contributed by atoms with E-state index in [1.807, 2.05) is 24.3 Å². The Kier molecular flexibility index (Phi) is 8.01. The van der Waals surface area contributed by atoms with Crippen LogP contribution in [0.15, 0.2) is 41.6 Å². The van der Waals surface area contributed by atoms with Crippen molar-refractivity contribution >= 4 is 56.2 Å². The van der Waals surface area contributed by atoms with E-state index < -0.39 is 5.91 Å². The lowest BCUT2D eigenvalue weighted by Gasteiger charge is -2.15. The van der Waals surface area contributed by atoms with Gasteiger partial charge in [0.15, 0.2) is 5.71 Å². The van der Waals surface area contributed by atoms with Gasteiger partial charge in [0.25, 0.3) is 5.91 Å². The Morgan fingerprint density at radius 2 is 1.97 bits per heavy atom. The van der Waals surface area contributed by atoms with Gasteiger partial charge in [0.2, 0.25) is 0 Å². The van der Waals surface area contributed by atoms with Crippen LogP contribution in [0.25, 0.3) is 10.1 Å². The zero-order valence-corrected chi connectivity index (χ0v) is 22.3. The molecule has 2 aliphatic heterocycles. The van der Waals surface area contributed by atoms with Gasteiger partial charge >= 0.3 is 0 Å². The number of aryl methyl sites for hydroxylation is 1. The minimum atomic E-state index is -0.591. The summed E-state index contributed by atoms with van der Waals surface area (Å²) >= 11 is 13.7. The molecule has 3 heterocycles. The van der Waals surface area contributed by atoms with Crippen LogP contribution in [0.1, 0.15) is 48.8 Å². The van der Waals surface area contributed by atoms with Crippen LogP contribution in [-0.4, -0.2) is 42.3 Å². The number of oxime groups is 1. The van der Waals surface area contributed by atoms with Crippen molar-refractivity contribution in [2.24, 2.45) is 10.9 Å². The van der Waals surface area contributed by atoms with E-state index in [-0.39, 0.29) is 5.71 Å². The van der Waals surface area contributed by atoms with E-state index in [2.05, 4.69) is 22.2 Å². The summed E-state index contributed by atoms with van der Waals surface area (Å²) in [6.45, 7) is 4.12. The molecule has 190 valence electrons. The second-order valence-corrected chi connectivity index (χ2v) is 11.5. The number of thiophene rings is 1. The van der Waals surface area contributed by atoms with Gasteiger partial charge in [-0.05, 0) is 88.0 Å². The van der Waals surface area contributed by atoms with Crippen molar-refractivity contribution in [3.8, 4) is 5.75 Å². The molecule has 9 heteroatoms. The number of carbonyl (C=O) groups is 1. The minimum absolute atomic E-state index is 0.162. The summed E-state index contributed by atoms with van der Waals surface area (Å²) in [6.07, 6.45) is 7.84. The second-order valence-electron chi connectivity index (χ2n) is 9.37. The van der Waals surface area contributed by atoms with Crippen LogP contribution in [-0.2, 0) is 22.7 Å². The lowest BCUT2D eigenvalue weighted by molar-refractivity contribution is -0.112. The summed E-state index contributed by atoms with van der Waals surface area (Å²) in [4.78, 5) is 18.8. The fourth-order valence-electron chi connectivity index (χ4n) is 4.58. The average molecular weight is 547 g/mol. The van der Waals surface area contributed by atoms with Crippen molar-refractivity contribution in [2.45, 2.75) is 51.2 Å². The van der Waals surface area contributed by atoms with Gasteiger partial charge in [-0.1, -0.05) is 40.5 Å². The molecule has 2 aromatic carbocycles. The maximum absolute atomic E-state index is 11.2. The summed E-state index contributed by atoms with van der Waals surface area (Å²) in [5, 5.41) is 5.46. The van der Waals surface area contributed by atoms with Gasteiger partial charge in [-0.15, -0.1) is 11.3 Å². The van der Waals surface area contributed by atoms with Crippen LogP contribution in [0.2, 0.25) is 9.36 Å². The van der Waals surface area contributed by atoms with E-state index in [1.165, 1.54) is 68.6 Å². The second kappa shape index (κ2) is 11.4. The first kappa shape index (κ1) is 25.3. The summed E-state index contributed by atoms with van der Waals surface area (Å²) in [7, 11) is 0. The third-order valence-electron chi connectivity index (χ3n) is 6.59. The number of nitrogens with zero attached hydrogens (tertiary/aromatic N) is 2. The number of hydrogen-bond donors (Lipinski definition) is 1. The fourth-order valence-corrected chi connectivity index (χ4v) is 6.00. The molecule has 0 spiro atoms. The first-order chi connectivity index (χ1) is 17.5. The summed E-state index contributed by atoms with van der Waals surface area (Å²) in [5.74, 6) is 0.263. The molecule has 36 heavy (non-hydrogen) atoms. The molecule has 0 unspecified atom stereocenters. The van der Waals surface area contributed by atoms with Gasteiger partial charge in [-0.3, -0.25) is 4.79 Å². The van der Waals surface area contributed by atoms with Gasteiger partial charge in [-0.2, -0.15) is 0 Å². The van der Waals surface area contributed by atoms with Crippen LogP contribution in [0, 0.1) is 0 Å². The summed E-state index contributed by atoms with van der Waals surface area (Å²) in [6, 6.07) is 11.9. The molecular weight excluding hydrogens is 517 g/mol. The Morgan fingerprint density at radius 1 is 1.17 bits per heavy atom. The Hall–Kier alpha value is -2.32. The van der Waals surface area contributed by atoms with Crippen molar-refractivity contribution < 1.29 is 14.4 Å². The number of likely N-dealkylation sites (tertiary alicyclic amines) is 1. The molecule has 3 aromatic rings. The number of rotatable bonds is 7. The van der Waals surface area contributed by atoms with Gasteiger partial charge in [0.05, 0.1) is 15.5 Å². The van der Waals surface area contributed by atoms with Crippen LogP contribution < -0.4 is 10.5 Å². The number of carbonyl (C=O) groups excluding carboxylic acids is 1. The molecule has 6 nitrogen and oxygen atoms in total. The third kappa shape index (κ3) is 6.14.